The number of hydrogen-bond acceptors (Lipinski definition) is 2. The summed E-state index contributed by atoms with van der Waals surface area (Å²) in [5.41, 5.74) is 1.10. The maximum Gasteiger partial charge on any atom is 0.143 e. The van der Waals surface area contributed by atoms with E-state index in [-0.39, 0.29) is 6.79 Å². The first kappa shape index (κ1) is 17.7. The summed E-state index contributed by atoms with van der Waals surface area (Å²) in [6.07, 6.45) is 5.99. The summed E-state index contributed by atoms with van der Waals surface area (Å²) in [7, 11) is 1.43. The van der Waals surface area contributed by atoms with E-state index in [0.717, 1.165) is 22.0 Å². The van der Waals surface area contributed by atoms with Crippen LogP contribution in [0, 0.1) is 0 Å². The van der Waals surface area contributed by atoms with Crippen LogP contribution in [-0.2, 0) is 11.2 Å². The molecule has 0 aromatic heterocycles. The number of hydrogen-bond donors (Lipinski definition) is 1. The predicted octanol–water partition coefficient (Wildman–Crippen LogP) is 4.70. The Labute approximate surface area is 120 Å². The van der Waals surface area contributed by atoms with E-state index in [1.165, 1.54) is 32.8 Å². The zero-order valence-electron chi connectivity index (χ0n) is 11.1. The van der Waals surface area contributed by atoms with Crippen molar-refractivity contribution in [3.63, 3.8) is 0 Å². The Morgan fingerprint density at radius 3 is 2.11 bits per heavy atom. The van der Waals surface area contributed by atoms with E-state index in [1.807, 2.05) is 18.2 Å². The van der Waals surface area contributed by atoms with E-state index < -0.39 is 0 Å². The standard InChI is InChI=1S/C12H16Cl2.C2H6O2/c1-2-3-4-5-7-10-11(13)8-6-9-12(10)14;1-4-2-3/h6,8-9H,2-5,7H2,1H3;3H,2H2,1H3. The van der Waals surface area contributed by atoms with Gasteiger partial charge in [0.1, 0.15) is 6.79 Å². The maximum atomic E-state index is 7.65. The average Bonchev–Trinajstić information content (AvgIpc) is 2.38. The predicted molar refractivity (Wildman–Crippen MR) is 78.4 cm³/mol. The first-order chi connectivity index (χ1) is 8.67. The highest BCUT2D eigenvalue weighted by atomic mass is 35.5. The van der Waals surface area contributed by atoms with Crippen LogP contribution in [0.2, 0.25) is 10.0 Å². The van der Waals surface area contributed by atoms with E-state index in [4.69, 9.17) is 28.3 Å². The van der Waals surface area contributed by atoms with Crippen molar-refractivity contribution in [1.29, 1.82) is 0 Å². The molecule has 0 radical (unpaired) electrons. The Hall–Kier alpha value is -0.280. The minimum atomic E-state index is -0.181. The van der Waals surface area contributed by atoms with Gasteiger partial charge in [0.15, 0.2) is 0 Å². The molecule has 1 rings (SSSR count). The lowest BCUT2D eigenvalue weighted by Gasteiger charge is -2.05. The molecular weight excluding hydrogens is 271 g/mol. The van der Waals surface area contributed by atoms with Gasteiger partial charge >= 0.3 is 0 Å². The second-order valence-corrected chi connectivity index (χ2v) is 4.74. The van der Waals surface area contributed by atoms with Crippen LogP contribution in [0.25, 0.3) is 0 Å². The number of ether oxygens (including phenoxy) is 1. The topological polar surface area (TPSA) is 29.5 Å². The SMILES string of the molecule is CCCCCCc1c(Cl)cccc1Cl.COCO. The number of aliphatic hydroxyl groups is 1. The lowest BCUT2D eigenvalue weighted by molar-refractivity contribution is 0.0325. The molecule has 104 valence electrons. The molecule has 1 N–H and O–H groups in total. The summed E-state index contributed by atoms with van der Waals surface area (Å²) in [6.45, 7) is 2.03. The van der Waals surface area contributed by atoms with E-state index in [0.29, 0.717) is 0 Å². The third kappa shape index (κ3) is 7.93. The zero-order chi connectivity index (χ0) is 13.8. The fourth-order valence-electron chi connectivity index (χ4n) is 1.50. The lowest BCUT2D eigenvalue weighted by Crippen LogP contribution is -1.88. The van der Waals surface area contributed by atoms with Gasteiger partial charge in [-0.1, -0.05) is 55.5 Å². The van der Waals surface area contributed by atoms with Crippen molar-refractivity contribution in [1.82, 2.24) is 0 Å². The van der Waals surface area contributed by atoms with Gasteiger partial charge in [0.2, 0.25) is 0 Å². The number of benzene rings is 1. The minimum absolute atomic E-state index is 0.181. The van der Waals surface area contributed by atoms with Gasteiger partial charge in [-0.05, 0) is 30.5 Å². The van der Waals surface area contributed by atoms with Gasteiger partial charge in [-0.15, -0.1) is 0 Å². The van der Waals surface area contributed by atoms with Crippen LogP contribution in [-0.4, -0.2) is 19.0 Å². The molecule has 0 bridgehead atoms. The van der Waals surface area contributed by atoms with Gasteiger partial charge in [-0.25, -0.2) is 0 Å². The van der Waals surface area contributed by atoms with Gasteiger partial charge in [0.25, 0.3) is 0 Å². The molecule has 2 nitrogen and oxygen atoms in total. The number of unbranched alkanes of at least 4 members (excludes halogenated alkanes) is 3. The molecule has 0 fully saturated rings. The van der Waals surface area contributed by atoms with Crippen molar-refractivity contribution in [3.8, 4) is 0 Å². The fourth-order valence-corrected chi connectivity index (χ4v) is 2.09. The van der Waals surface area contributed by atoms with Crippen molar-refractivity contribution in [2.24, 2.45) is 0 Å². The van der Waals surface area contributed by atoms with Crippen LogP contribution in [0.3, 0.4) is 0 Å². The normalized spacial score (nSPS) is 9.83. The largest absolute Gasteiger partial charge is 0.371 e. The Kier molecular flexibility index (Phi) is 11.6. The highest BCUT2D eigenvalue weighted by Gasteiger charge is 2.04. The van der Waals surface area contributed by atoms with Gasteiger partial charge < -0.3 is 9.84 Å². The Morgan fingerprint density at radius 2 is 1.67 bits per heavy atom. The molecule has 0 unspecified atom stereocenters. The van der Waals surface area contributed by atoms with E-state index in [1.54, 1.807) is 0 Å². The number of methoxy groups -OCH3 is 1. The van der Waals surface area contributed by atoms with Crippen molar-refractivity contribution < 1.29 is 9.84 Å². The van der Waals surface area contributed by atoms with Crippen LogP contribution in [0.15, 0.2) is 18.2 Å². The molecule has 1 aromatic rings. The number of aliphatic hydroxyl groups excluding tert-OH is 1. The molecule has 1 aromatic carbocycles. The highest BCUT2D eigenvalue weighted by molar-refractivity contribution is 6.35. The summed E-state index contributed by atoms with van der Waals surface area (Å²) >= 11 is 12.1. The molecule has 18 heavy (non-hydrogen) atoms. The Balaban J connectivity index is 0.000000631. The van der Waals surface area contributed by atoms with E-state index in [9.17, 15) is 0 Å². The molecule has 0 saturated carbocycles. The van der Waals surface area contributed by atoms with Crippen LogP contribution in [0.5, 0.6) is 0 Å². The van der Waals surface area contributed by atoms with Gasteiger partial charge in [0.05, 0.1) is 0 Å². The second kappa shape index (κ2) is 11.8. The fraction of sp³-hybridized carbons (Fsp3) is 0.571. The molecule has 0 spiro atoms. The lowest BCUT2D eigenvalue weighted by atomic mass is 10.1. The first-order valence-electron chi connectivity index (χ1n) is 6.20. The molecule has 0 saturated heterocycles. The smallest absolute Gasteiger partial charge is 0.143 e. The molecule has 0 amide bonds. The molecule has 4 heteroatoms. The van der Waals surface area contributed by atoms with Crippen molar-refractivity contribution in [2.75, 3.05) is 13.9 Å². The Bertz CT molecular complexity index is 294. The monoisotopic (exact) mass is 292 g/mol. The van der Waals surface area contributed by atoms with Crippen LogP contribution < -0.4 is 0 Å². The summed E-state index contributed by atoms with van der Waals surface area (Å²) in [5, 5.41) is 9.25. The molecule has 0 aliphatic heterocycles. The first-order valence-corrected chi connectivity index (χ1v) is 6.95. The summed E-state index contributed by atoms with van der Waals surface area (Å²) in [4.78, 5) is 0. The van der Waals surface area contributed by atoms with Gasteiger partial charge in [-0.2, -0.15) is 0 Å². The van der Waals surface area contributed by atoms with Gasteiger partial charge in [0, 0.05) is 17.2 Å². The molecule has 0 aliphatic rings. The minimum Gasteiger partial charge on any atom is -0.371 e. The maximum absolute atomic E-state index is 7.65. The zero-order valence-corrected chi connectivity index (χ0v) is 12.6. The molecule has 0 heterocycles. The quantitative estimate of drug-likeness (QED) is 0.608. The molecular formula is C14H22Cl2O2. The number of rotatable bonds is 6. The number of halogens is 2. The summed E-state index contributed by atoms with van der Waals surface area (Å²) < 4.78 is 4.10. The second-order valence-electron chi connectivity index (χ2n) is 3.93. The van der Waals surface area contributed by atoms with E-state index >= 15 is 0 Å². The molecule has 0 aliphatic carbocycles. The third-order valence-corrected chi connectivity index (χ3v) is 3.18. The van der Waals surface area contributed by atoms with Crippen molar-refractivity contribution >= 4 is 23.2 Å². The summed E-state index contributed by atoms with van der Waals surface area (Å²) in [6, 6.07) is 5.70. The summed E-state index contributed by atoms with van der Waals surface area (Å²) in [5.74, 6) is 0. The van der Waals surface area contributed by atoms with Crippen molar-refractivity contribution in [3.05, 3.63) is 33.8 Å². The van der Waals surface area contributed by atoms with E-state index in [2.05, 4.69) is 11.7 Å². The molecule has 0 atom stereocenters. The third-order valence-electron chi connectivity index (χ3n) is 2.47. The van der Waals surface area contributed by atoms with Crippen molar-refractivity contribution in [2.45, 2.75) is 39.0 Å². The Morgan fingerprint density at radius 1 is 1.11 bits per heavy atom. The highest BCUT2D eigenvalue weighted by Crippen LogP contribution is 2.25. The van der Waals surface area contributed by atoms with Gasteiger partial charge in [-0.3, -0.25) is 0 Å². The van der Waals surface area contributed by atoms with Crippen LogP contribution in [0.1, 0.15) is 38.2 Å². The average molecular weight is 293 g/mol. The van der Waals surface area contributed by atoms with Crippen LogP contribution in [0.4, 0.5) is 0 Å². The van der Waals surface area contributed by atoms with Crippen LogP contribution >= 0.6 is 23.2 Å².